The molecule has 13 heavy (non-hydrogen) atoms. The van der Waals surface area contributed by atoms with Crippen LogP contribution in [0.2, 0.25) is 0 Å². The number of nitrogens with one attached hydrogen (secondary N) is 1. The van der Waals surface area contributed by atoms with Crippen LogP contribution in [0, 0.1) is 5.82 Å². The van der Waals surface area contributed by atoms with Gasteiger partial charge in [0.2, 0.25) is 0 Å². The summed E-state index contributed by atoms with van der Waals surface area (Å²) in [7, 11) is 1.61. The van der Waals surface area contributed by atoms with Gasteiger partial charge in [-0.25, -0.2) is 9.37 Å². The highest BCUT2D eigenvalue weighted by Crippen LogP contribution is 2.19. The third kappa shape index (κ3) is 3.28. The van der Waals surface area contributed by atoms with Crippen LogP contribution in [0.4, 0.5) is 10.1 Å². The third-order valence-electron chi connectivity index (χ3n) is 1.43. The van der Waals surface area contributed by atoms with E-state index in [1.54, 1.807) is 7.11 Å². The highest BCUT2D eigenvalue weighted by molar-refractivity contribution is 9.10. The normalized spacial score (nSPS) is 10.1. The maximum absolute atomic E-state index is 12.7. The Labute approximate surface area is 84.4 Å². The lowest BCUT2D eigenvalue weighted by atomic mass is 10.4. The van der Waals surface area contributed by atoms with Crippen molar-refractivity contribution in [1.82, 2.24) is 4.98 Å². The molecule has 0 aliphatic heterocycles. The van der Waals surface area contributed by atoms with Crippen molar-refractivity contribution < 1.29 is 9.13 Å². The second-order valence-electron chi connectivity index (χ2n) is 2.41. The lowest BCUT2D eigenvalue weighted by molar-refractivity contribution is 0.210. The molecular formula is C8H10BrFN2O. The first-order valence-electron chi connectivity index (χ1n) is 3.78. The smallest absolute Gasteiger partial charge is 0.143 e. The molecule has 0 aliphatic carbocycles. The van der Waals surface area contributed by atoms with Crippen LogP contribution in [0.15, 0.2) is 16.9 Å². The van der Waals surface area contributed by atoms with Gasteiger partial charge in [-0.15, -0.1) is 0 Å². The molecule has 0 atom stereocenters. The van der Waals surface area contributed by atoms with Crippen molar-refractivity contribution in [2.45, 2.75) is 0 Å². The summed E-state index contributed by atoms with van der Waals surface area (Å²) in [6, 6.07) is 1.38. The van der Waals surface area contributed by atoms with Crippen molar-refractivity contribution in [3.63, 3.8) is 0 Å². The number of methoxy groups -OCH3 is 1. The summed E-state index contributed by atoms with van der Waals surface area (Å²) in [5.41, 5.74) is 0.636. The number of aromatic nitrogens is 1. The molecule has 0 saturated heterocycles. The minimum absolute atomic E-state index is 0.358. The first kappa shape index (κ1) is 10.4. The molecule has 1 aromatic heterocycles. The van der Waals surface area contributed by atoms with Gasteiger partial charge in [0.15, 0.2) is 0 Å². The standard InChI is InChI=1S/C8H10BrFN2O/c1-13-3-2-11-7-4-6(10)5-12-8(7)9/h4-5,11H,2-3H2,1H3. The van der Waals surface area contributed by atoms with Crippen LogP contribution in [0.5, 0.6) is 0 Å². The first-order valence-corrected chi connectivity index (χ1v) is 4.57. The van der Waals surface area contributed by atoms with E-state index in [1.165, 1.54) is 6.07 Å². The van der Waals surface area contributed by atoms with Crippen molar-refractivity contribution in [2.75, 3.05) is 25.6 Å². The second kappa shape index (κ2) is 5.14. The number of hydrogen-bond donors (Lipinski definition) is 1. The molecule has 0 amide bonds. The van der Waals surface area contributed by atoms with Crippen LogP contribution < -0.4 is 5.32 Å². The van der Waals surface area contributed by atoms with Crippen LogP contribution in [0.3, 0.4) is 0 Å². The predicted molar refractivity (Wildman–Crippen MR) is 52.3 cm³/mol. The highest BCUT2D eigenvalue weighted by Gasteiger charge is 2.01. The molecule has 0 radical (unpaired) electrons. The van der Waals surface area contributed by atoms with Crippen LogP contribution in [0.25, 0.3) is 0 Å². The second-order valence-corrected chi connectivity index (χ2v) is 3.16. The largest absolute Gasteiger partial charge is 0.383 e. The van der Waals surface area contributed by atoms with Gasteiger partial charge in [-0.3, -0.25) is 0 Å². The van der Waals surface area contributed by atoms with E-state index < -0.39 is 0 Å². The molecule has 0 aromatic carbocycles. The SMILES string of the molecule is COCCNc1cc(F)cnc1Br. The van der Waals surface area contributed by atoms with Crippen LogP contribution in [-0.4, -0.2) is 25.2 Å². The monoisotopic (exact) mass is 248 g/mol. The number of nitrogens with zero attached hydrogens (tertiary/aromatic N) is 1. The summed E-state index contributed by atoms with van der Waals surface area (Å²) in [4.78, 5) is 3.80. The van der Waals surface area contributed by atoms with Gasteiger partial charge in [0.05, 0.1) is 18.5 Å². The third-order valence-corrected chi connectivity index (χ3v) is 2.06. The first-order chi connectivity index (χ1) is 6.24. The maximum atomic E-state index is 12.7. The van der Waals surface area contributed by atoms with Gasteiger partial charge in [0.25, 0.3) is 0 Å². The molecule has 0 saturated carbocycles. The van der Waals surface area contributed by atoms with E-state index in [1.807, 2.05) is 0 Å². The quantitative estimate of drug-likeness (QED) is 0.655. The fourth-order valence-electron chi connectivity index (χ4n) is 0.834. The van der Waals surface area contributed by atoms with E-state index in [0.717, 1.165) is 6.20 Å². The molecule has 0 aliphatic rings. The minimum Gasteiger partial charge on any atom is -0.383 e. The molecular weight excluding hydrogens is 239 g/mol. The molecule has 1 N–H and O–H groups in total. The zero-order valence-corrected chi connectivity index (χ0v) is 8.77. The Hall–Kier alpha value is -0.680. The van der Waals surface area contributed by atoms with Gasteiger partial charge in [-0.2, -0.15) is 0 Å². The molecule has 1 rings (SSSR count). The molecule has 5 heteroatoms. The van der Waals surface area contributed by atoms with Gasteiger partial charge in [-0.1, -0.05) is 0 Å². The van der Waals surface area contributed by atoms with E-state index in [-0.39, 0.29) is 5.82 Å². The Morgan fingerprint density at radius 3 is 3.15 bits per heavy atom. The number of rotatable bonds is 4. The van der Waals surface area contributed by atoms with Crippen LogP contribution in [-0.2, 0) is 4.74 Å². The summed E-state index contributed by atoms with van der Waals surface area (Å²) in [5.74, 6) is -0.358. The molecule has 3 nitrogen and oxygen atoms in total. The topological polar surface area (TPSA) is 34.1 Å². The maximum Gasteiger partial charge on any atom is 0.143 e. The number of halogens is 2. The van der Waals surface area contributed by atoms with Crippen molar-refractivity contribution in [3.8, 4) is 0 Å². The molecule has 0 bridgehead atoms. The van der Waals surface area contributed by atoms with Gasteiger partial charge in [0.1, 0.15) is 10.4 Å². The van der Waals surface area contributed by atoms with Crippen molar-refractivity contribution in [2.24, 2.45) is 0 Å². The molecule has 0 unspecified atom stereocenters. The zero-order chi connectivity index (χ0) is 9.68. The van der Waals surface area contributed by atoms with Gasteiger partial charge < -0.3 is 10.1 Å². The summed E-state index contributed by atoms with van der Waals surface area (Å²) in [5, 5.41) is 2.98. The Kier molecular flexibility index (Phi) is 4.11. The summed E-state index contributed by atoms with van der Waals surface area (Å²) < 4.78 is 18.1. The Morgan fingerprint density at radius 1 is 1.69 bits per heavy atom. The average molecular weight is 249 g/mol. The lowest BCUT2D eigenvalue weighted by Gasteiger charge is -2.06. The summed E-state index contributed by atoms with van der Waals surface area (Å²) >= 11 is 3.20. The summed E-state index contributed by atoms with van der Waals surface area (Å²) in [6.45, 7) is 1.20. The number of anilines is 1. The fourth-order valence-corrected chi connectivity index (χ4v) is 1.19. The Morgan fingerprint density at radius 2 is 2.46 bits per heavy atom. The number of hydrogen-bond acceptors (Lipinski definition) is 3. The van der Waals surface area contributed by atoms with E-state index in [4.69, 9.17) is 4.74 Å². The van der Waals surface area contributed by atoms with E-state index in [9.17, 15) is 4.39 Å². The number of ether oxygens (including phenoxy) is 1. The predicted octanol–water partition coefficient (Wildman–Crippen LogP) is 2.04. The van der Waals surface area contributed by atoms with E-state index in [2.05, 4.69) is 26.2 Å². The average Bonchev–Trinajstić information content (AvgIpc) is 2.11. The van der Waals surface area contributed by atoms with E-state index >= 15 is 0 Å². The molecule has 0 spiro atoms. The van der Waals surface area contributed by atoms with E-state index in [0.29, 0.717) is 23.4 Å². The summed E-state index contributed by atoms with van der Waals surface area (Å²) in [6.07, 6.45) is 1.16. The van der Waals surface area contributed by atoms with Crippen molar-refractivity contribution >= 4 is 21.6 Å². The Bertz CT molecular complexity index is 283. The molecule has 72 valence electrons. The molecule has 1 heterocycles. The van der Waals surface area contributed by atoms with Crippen molar-refractivity contribution in [3.05, 3.63) is 22.7 Å². The van der Waals surface area contributed by atoms with Gasteiger partial charge in [-0.05, 0) is 15.9 Å². The highest BCUT2D eigenvalue weighted by atomic mass is 79.9. The number of pyridine rings is 1. The molecule has 1 aromatic rings. The van der Waals surface area contributed by atoms with Crippen LogP contribution in [0.1, 0.15) is 0 Å². The molecule has 0 fully saturated rings. The zero-order valence-electron chi connectivity index (χ0n) is 7.18. The minimum atomic E-state index is -0.358. The fraction of sp³-hybridized carbons (Fsp3) is 0.375. The van der Waals surface area contributed by atoms with Crippen molar-refractivity contribution in [1.29, 1.82) is 0 Å². The Balaban J connectivity index is 2.59. The van der Waals surface area contributed by atoms with Crippen LogP contribution >= 0.6 is 15.9 Å². The van der Waals surface area contributed by atoms with Gasteiger partial charge in [0, 0.05) is 19.7 Å². The lowest BCUT2D eigenvalue weighted by Crippen LogP contribution is -2.08. The van der Waals surface area contributed by atoms with Gasteiger partial charge >= 0.3 is 0 Å².